The van der Waals surface area contributed by atoms with Crippen molar-refractivity contribution in [3.05, 3.63) is 107 Å². The molecule has 0 amide bonds. The number of para-hydroxylation sites is 1. The first-order valence-corrected chi connectivity index (χ1v) is 9.39. The number of carbonyl (C=O) groups is 1. The maximum Gasteiger partial charge on any atom is 0.190 e. The highest BCUT2D eigenvalue weighted by molar-refractivity contribution is 7.19. The van der Waals surface area contributed by atoms with Crippen molar-refractivity contribution in [2.45, 2.75) is 5.92 Å². The van der Waals surface area contributed by atoms with Gasteiger partial charge in [0.15, 0.2) is 5.78 Å². The van der Waals surface area contributed by atoms with Crippen LogP contribution in [0.5, 0.6) is 0 Å². The summed E-state index contributed by atoms with van der Waals surface area (Å²) < 4.78 is 1.15. The van der Waals surface area contributed by atoms with Crippen LogP contribution in [0.2, 0.25) is 0 Å². The van der Waals surface area contributed by atoms with Gasteiger partial charge < -0.3 is 0 Å². The molecule has 0 bridgehead atoms. The van der Waals surface area contributed by atoms with E-state index < -0.39 is 0 Å². The first-order chi connectivity index (χ1) is 12.8. The van der Waals surface area contributed by atoms with Gasteiger partial charge in [-0.2, -0.15) is 0 Å². The van der Waals surface area contributed by atoms with Crippen molar-refractivity contribution in [3.63, 3.8) is 0 Å². The van der Waals surface area contributed by atoms with Gasteiger partial charge in [0.05, 0.1) is 10.2 Å². The number of benzene rings is 3. The molecule has 4 aromatic rings. The minimum Gasteiger partial charge on any atom is -0.289 e. The minimum absolute atomic E-state index is 0.0458. The summed E-state index contributed by atoms with van der Waals surface area (Å²) in [5, 5.41) is 0.958. The molecule has 1 unspecified atom stereocenters. The molecule has 3 heteroatoms. The molecule has 5 rings (SSSR count). The van der Waals surface area contributed by atoms with Crippen LogP contribution in [-0.2, 0) is 0 Å². The van der Waals surface area contributed by atoms with E-state index in [-0.39, 0.29) is 11.7 Å². The van der Waals surface area contributed by atoms with E-state index >= 15 is 0 Å². The van der Waals surface area contributed by atoms with Crippen LogP contribution in [0.25, 0.3) is 15.8 Å². The molecule has 0 saturated heterocycles. The van der Waals surface area contributed by atoms with Crippen LogP contribution >= 0.6 is 11.3 Å². The van der Waals surface area contributed by atoms with Gasteiger partial charge in [-0.1, -0.05) is 72.8 Å². The largest absolute Gasteiger partial charge is 0.289 e. The molecule has 0 N–H and O–H groups in total. The van der Waals surface area contributed by atoms with Gasteiger partial charge in [-0.25, -0.2) is 4.98 Å². The summed E-state index contributed by atoms with van der Waals surface area (Å²) in [7, 11) is 0. The lowest BCUT2D eigenvalue weighted by Crippen LogP contribution is -1.98. The molecule has 124 valence electrons. The van der Waals surface area contributed by atoms with E-state index in [0.717, 1.165) is 37.5 Å². The summed E-state index contributed by atoms with van der Waals surface area (Å²) in [5.74, 6) is 0.151. The standard InChI is InChI=1S/C23H15NOS/c25-22(16-11-5-2-6-12-16)20-19(15-9-3-1-4-10-15)21(20)23-24-17-13-7-8-14-18(17)26-23/h1-14,19H. The first-order valence-electron chi connectivity index (χ1n) is 8.57. The number of allylic oxidation sites excluding steroid dienone is 2. The van der Waals surface area contributed by atoms with Gasteiger partial charge in [-0.15, -0.1) is 11.3 Å². The molecule has 0 spiro atoms. The summed E-state index contributed by atoms with van der Waals surface area (Å²) in [5.41, 5.74) is 4.83. The molecule has 1 aliphatic carbocycles. The lowest BCUT2D eigenvalue weighted by atomic mass is 10.0. The summed E-state index contributed by atoms with van der Waals surface area (Å²) >= 11 is 1.66. The topological polar surface area (TPSA) is 30.0 Å². The summed E-state index contributed by atoms with van der Waals surface area (Å²) in [6.07, 6.45) is 0. The van der Waals surface area contributed by atoms with Gasteiger partial charge in [0.2, 0.25) is 0 Å². The number of thiazole rings is 1. The number of Topliss-reactive ketones (excluding diaryl/α,β-unsaturated/α-hetero) is 1. The Bertz CT molecular complexity index is 1110. The third-order valence-corrected chi connectivity index (χ3v) is 5.79. The van der Waals surface area contributed by atoms with Crippen LogP contribution in [0.3, 0.4) is 0 Å². The minimum atomic E-state index is 0.0458. The molecule has 1 atom stereocenters. The fourth-order valence-electron chi connectivity index (χ4n) is 3.43. The van der Waals surface area contributed by atoms with Crippen LogP contribution in [0.4, 0.5) is 0 Å². The normalized spacial score (nSPS) is 16.1. The molecular weight excluding hydrogens is 338 g/mol. The second kappa shape index (κ2) is 6.04. The third-order valence-electron chi connectivity index (χ3n) is 4.72. The van der Waals surface area contributed by atoms with Crippen LogP contribution in [0.15, 0.2) is 90.5 Å². The number of nitrogens with zero attached hydrogens (tertiary/aromatic N) is 1. The van der Waals surface area contributed by atoms with E-state index in [1.54, 1.807) is 11.3 Å². The summed E-state index contributed by atoms with van der Waals surface area (Å²) in [6, 6.07) is 27.9. The van der Waals surface area contributed by atoms with E-state index in [2.05, 4.69) is 18.2 Å². The molecule has 3 aromatic carbocycles. The molecular formula is C23H15NOS. The number of rotatable bonds is 4. The summed E-state index contributed by atoms with van der Waals surface area (Å²) in [6.45, 7) is 0. The monoisotopic (exact) mass is 353 g/mol. The van der Waals surface area contributed by atoms with Gasteiger partial charge >= 0.3 is 0 Å². The van der Waals surface area contributed by atoms with Crippen LogP contribution in [0.1, 0.15) is 26.8 Å². The molecule has 1 aromatic heterocycles. The predicted molar refractivity (Wildman–Crippen MR) is 106 cm³/mol. The van der Waals surface area contributed by atoms with Crippen molar-refractivity contribution in [1.82, 2.24) is 4.98 Å². The van der Waals surface area contributed by atoms with Crippen molar-refractivity contribution < 1.29 is 4.79 Å². The third kappa shape index (κ3) is 2.49. The number of aromatic nitrogens is 1. The average Bonchev–Trinajstić information content (AvgIpc) is 3.31. The number of carbonyl (C=O) groups excluding carboxylic acids is 1. The van der Waals surface area contributed by atoms with Crippen LogP contribution in [-0.4, -0.2) is 10.8 Å². The van der Waals surface area contributed by atoms with E-state index in [0.29, 0.717) is 0 Å². The maximum atomic E-state index is 13.1. The van der Waals surface area contributed by atoms with E-state index in [4.69, 9.17) is 4.98 Å². The zero-order chi connectivity index (χ0) is 17.5. The van der Waals surface area contributed by atoms with E-state index in [9.17, 15) is 4.79 Å². The van der Waals surface area contributed by atoms with Gasteiger partial charge in [-0.05, 0) is 17.7 Å². The van der Waals surface area contributed by atoms with Gasteiger partial charge in [0, 0.05) is 22.6 Å². The average molecular weight is 353 g/mol. The van der Waals surface area contributed by atoms with Crippen LogP contribution < -0.4 is 0 Å². The lowest BCUT2D eigenvalue weighted by molar-refractivity contribution is 0.103. The Balaban J connectivity index is 1.62. The lowest BCUT2D eigenvalue weighted by Gasteiger charge is -2.01. The number of hydrogen-bond donors (Lipinski definition) is 0. The Morgan fingerprint density at radius 1 is 0.808 bits per heavy atom. The number of ketones is 1. The molecule has 0 aliphatic heterocycles. The van der Waals surface area contributed by atoms with E-state index in [1.807, 2.05) is 66.7 Å². The quantitative estimate of drug-likeness (QED) is 0.439. The van der Waals surface area contributed by atoms with Crippen molar-refractivity contribution in [2.24, 2.45) is 0 Å². The molecule has 26 heavy (non-hydrogen) atoms. The zero-order valence-corrected chi connectivity index (χ0v) is 14.7. The molecule has 2 nitrogen and oxygen atoms in total. The number of fused-ring (bicyclic) bond motifs is 1. The van der Waals surface area contributed by atoms with Crippen LogP contribution in [0, 0.1) is 0 Å². The van der Waals surface area contributed by atoms with Crippen molar-refractivity contribution >= 4 is 32.9 Å². The summed E-state index contributed by atoms with van der Waals surface area (Å²) in [4.78, 5) is 17.9. The zero-order valence-electron chi connectivity index (χ0n) is 13.9. The Kier molecular flexibility index (Phi) is 3.54. The second-order valence-corrected chi connectivity index (χ2v) is 7.38. The van der Waals surface area contributed by atoms with Gasteiger partial charge in [-0.3, -0.25) is 4.79 Å². The van der Waals surface area contributed by atoms with Crippen molar-refractivity contribution in [1.29, 1.82) is 0 Å². The van der Waals surface area contributed by atoms with Crippen molar-refractivity contribution in [2.75, 3.05) is 0 Å². The second-order valence-electron chi connectivity index (χ2n) is 6.35. The maximum absolute atomic E-state index is 13.1. The fourth-order valence-corrected chi connectivity index (χ4v) is 4.48. The molecule has 0 radical (unpaired) electrons. The Morgan fingerprint density at radius 2 is 1.46 bits per heavy atom. The fraction of sp³-hybridized carbons (Fsp3) is 0.0435. The highest BCUT2D eigenvalue weighted by Crippen LogP contribution is 2.56. The molecule has 0 saturated carbocycles. The highest BCUT2D eigenvalue weighted by atomic mass is 32.1. The SMILES string of the molecule is O=C(C1=C(c2nc3ccccc3s2)C1c1ccccc1)c1ccccc1. The van der Waals surface area contributed by atoms with Gasteiger partial charge in [0.1, 0.15) is 5.01 Å². The molecule has 1 aliphatic rings. The van der Waals surface area contributed by atoms with Crippen molar-refractivity contribution in [3.8, 4) is 0 Å². The first kappa shape index (κ1) is 15.2. The van der Waals surface area contributed by atoms with E-state index in [1.165, 1.54) is 0 Å². The predicted octanol–water partition coefficient (Wildman–Crippen LogP) is 5.73. The number of hydrogen-bond acceptors (Lipinski definition) is 3. The van der Waals surface area contributed by atoms with Gasteiger partial charge in [0.25, 0.3) is 0 Å². The smallest absolute Gasteiger partial charge is 0.190 e. The molecule has 1 heterocycles. The Hall–Kier alpha value is -3.04. The molecule has 0 fully saturated rings. The Morgan fingerprint density at radius 3 is 2.19 bits per heavy atom. The highest BCUT2D eigenvalue weighted by Gasteiger charge is 2.44. The Labute approximate surface area is 155 Å².